The Labute approximate surface area is 97.6 Å². The van der Waals surface area contributed by atoms with E-state index in [2.05, 4.69) is 25.3 Å². The lowest BCUT2D eigenvalue weighted by molar-refractivity contribution is -0.144. The van der Waals surface area contributed by atoms with Crippen molar-refractivity contribution in [2.24, 2.45) is 0 Å². The van der Waals surface area contributed by atoms with Gasteiger partial charge < -0.3 is 4.90 Å². The van der Waals surface area contributed by atoms with Crippen LogP contribution in [-0.4, -0.2) is 27.8 Å². The summed E-state index contributed by atoms with van der Waals surface area (Å²) in [5.41, 5.74) is 0. The average Bonchev–Trinajstić information content (AvgIpc) is 2.62. The lowest BCUT2D eigenvalue weighted by Crippen LogP contribution is -2.24. The standard InChI is InChI=1S/C7H9BrF3N3S/c1-2-14(4-3-8)6-12-5(13-15-6)7(9,10)11/h2-4H2,1H3. The first-order valence-corrected chi connectivity index (χ1v) is 6.10. The molecule has 86 valence electrons. The van der Waals surface area contributed by atoms with Gasteiger partial charge in [0.25, 0.3) is 0 Å². The molecule has 0 bridgehead atoms. The van der Waals surface area contributed by atoms with Crippen LogP contribution in [0.25, 0.3) is 0 Å². The van der Waals surface area contributed by atoms with Gasteiger partial charge in [0.15, 0.2) is 0 Å². The molecule has 0 amide bonds. The smallest absolute Gasteiger partial charge is 0.346 e. The number of rotatable bonds is 4. The largest absolute Gasteiger partial charge is 0.452 e. The van der Waals surface area contributed by atoms with Crippen LogP contribution in [0.1, 0.15) is 12.7 Å². The Morgan fingerprint density at radius 2 is 2.13 bits per heavy atom. The summed E-state index contributed by atoms with van der Waals surface area (Å²) in [7, 11) is 0. The summed E-state index contributed by atoms with van der Waals surface area (Å²) in [6, 6.07) is 0. The van der Waals surface area contributed by atoms with Crippen molar-refractivity contribution in [1.82, 2.24) is 9.36 Å². The van der Waals surface area contributed by atoms with Crippen molar-refractivity contribution in [3.8, 4) is 0 Å². The van der Waals surface area contributed by atoms with E-state index in [4.69, 9.17) is 0 Å². The van der Waals surface area contributed by atoms with Gasteiger partial charge >= 0.3 is 6.18 Å². The summed E-state index contributed by atoms with van der Waals surface area (Å²) in [5.74, 6) is -1.06. The minimum atomic E-state index is -4.46. The number of anilines is 1. The molecule has 1 aromatic heterocycles. The molecular formula is C7H9BrF3N3S. The average molecular weight is 304 g/mol. The topological polar surface area (TPSA) is 29.0 Å². The summed E-state index contributed by atoms with van der Waals surface area (Å²) in [4.78, 5) is 5.20. The number of hydrogen-bond acceptors (Lipinski definition) is 4. The summed E-state index contributed by atoms with van der Waals surface area (Å²) < 4.78 is 39.9. The Morgan fingerprint density at radius 1 is 1.47 bits per heavy atom. The zero-order valence-electron chi connectivity index (χ0n) is 7.88. The van der Waals surface area contributed by atoms with Crippen molar-refractivity contribution in [2.45, 2.75) is 13.1 Å². The summed E-state index contributed by atoms with van der Waals surface area (Å²) >= 11 is 4.00. The van der Waals surface area contributed by atoms with E-state index in [1.54, 1.807) is 4.90 Å². The number of aromatic nitrogens is 2. The highest BCUT2D eigenvalue weighted by atomic mass is 79.9. The molecule has 0 N–H and O–H groups in total. The van der Waals surface area contributed by atoms with Crippen LogP contribution in [0.4, 0.5) is 18.3 Å². The Bertz CT molecular complexity index is 315. The Kier molecular flexibility index (Phi) is 4.32. The van der Waals surface area contributed by atoms with Gasteiger partial charge in [-0.15, -0.1) is 0 Å². The molecule has 0 aliphatic rings. The molecule has 0 fully saturated rings. The highest BCUT2D eigenvalue weighted by molar-refractivity contribution is 9.09. The fraction of sp³-hybridized carbons (Fsp3) is 0.714. The van der Waals surface area contributed by atoms with Crippen molar-refractivity contribution in [3.63, 3.8) is 0 Å². The SMILES string of the molecule is CCN(CCBr)c1nc(C(F)(F)F)ns1. The Morgan fingerprint density at radius 3 is 2.53 bits per heavy atom. The molecule has 0 aromatic carbocycles. The van der Waals surface area contributed by atoms with Crippen LogP contribution in [0.5, 0.6) is 0 Å². The van der Waals surface area contributed by atoms with E-state index in [1.165, 1.54) is 0 Å². The third-order valence-electron chi connectivity index (χ3n) is 1.68. The van der Waals surface area contributed by atoms with Gasteiger partial charge in [0, 0.05) is 30.0 Å². The molecule has 0 saturated heterocycles. The highest BCUT2D eigenvalue weighted by Crippen LogP contribution is 2.30. The van der Waals surface area contributed by atoms with Crippen molar-refractivity contribution in [2.75, 3.05) is 23.3 Å². The van der Waals surface area contributed by atoms with Crippen molar-refractivity contribution >= 4 is 32.6 Å². The fourth-order valence-electron chi connectivity index (χ4n) is 0.950. The number of alkyl halides is 4. The molecule has 0 aliphatic carbocycles. The summed E-state index contributed by atoms with van der Waals surface area (Å²) in [6.07, 6.45) is -4.46. The predicted molar refractivity (Wildman–Crippen MR) is 56.6 cm³/mol. The van der Waals surface area contributed by atoms with E-state index in [0.29, 0.717) is 23.6 Å². The lowest BCUT2D eigenvalue weighted by Gasteiger charge is -2.17. The number of halogens is 4. The number of hydrogen-bond donors (Lipinski definition) is 0. The first-order valence-electron chi connectivity index (χ1n) is 4.20. The zero-order valence-corrected chi connectivity index (χ0v) is 10.3. The molecular weight excluding hydrogens is 295 g/mol. The molecule has 0 atom stereocenters. The Balaban J connectivity index is 2.82. The van der Waals surface area contributed by atoms with Gasteiger partial charge in [0.05, 0.1) is 0 Å². The molecule has 1 rings (SSSR count). The molecule has 1 aromatic rings. The maximum absolute atomic E-state index is 12.2. The minimum Gasteiger partial charge on any atom is -0.346 e. The van der Waals surface area contributed by atoms with Crippen LogP contribution in [0, 0.1) is 0 Å². The monoisotopic (exact) mass is 303 g/mol. The number of nitrogens with zero attached hydrogens (tertiary/aromatic N) is 3. The zero-order chi connectivity index (χ0) is 11.5. The molecule has 0 aliphatic heterocycles. The molecule has 8 heteroatoms. The maximum Gasteiger partial charge on any atom is 0.452 e. The van der Waals surface area contributed by atoms with Crippen molar-refractivity contribution in [1.29, 1.82) is 0 Å². The molecule has 0 spiro atoms. The molecule has 15 heavy (non-hydrogen) atoms. The highest BCUT2D eigenvalue weighted by Gasteiger charge is 2.36. The molecule has 0 saturated carbocycles. The van der Waals surface area contributed by atoms with Crippen LogP contribution in [0.2, 0.25) is 0 Å². The van der Waals surface area contributed by atoms with E-state index in [-0.39, 0.29) is 0 Å². The maximum atomic E-state index is 12.2. The quantitative estimate of drug-likeness (QED) is 0.801. The third-order valence-corrected chi connectivity index (χ3v) is 2.81. The summed E-state index contributed by atoms with van der Waals surface area (Å²) in [5, 5.41) is 0.992. The Hall–Kier alpha value is -0.370. The summed E-state index contributed by atoms with van der Waals surface area (Å²) in [6.45, 7) is 3.08. The lowest BCUT2D eigenvalue weighted by atomic mass is 10.5. The van der Waals surface area contributed by atoms with E-state index < -0.39 is 12.0 Å². The van der Waals surface area contributed by atoms with Gasteiger partial charge in [-0.1, -0.05) is 15.9 Å². The van der Waals surface area contributed by atoms with Gasteiger partial charge in [-0.25, -0.2) is 0 Å². The first-order chi connectivity index (χ1) is 6.99. The van der Waals surface area contributed by atoms with Crippen molar-refractivity contribution in [3.05, 3.63) is 5.82 Å². The van der Waals surface area contributed by atoms with E-state index >= 15 is 0 Å². The van der Waals surface area contributed by atoms with Crippen molar-refractivity contribution < 1.29 is 13.2 Å². The molecule has 0 unspecified atom stereocenters. The van der Waals surface area contributed by atoms with E-state index in [1.807, 2.05) is 6.92 Å². The van der Waals surface area contributed by atoms with Crippen LogP contribution in [0.15, 0.2) is 0 Å². The second-order valence-corrected chi connectivity index (χ2v) is 4.19. The predicted octanol–water partition coefficient (Wildman–Crippen LogP) is 2.78. The van der Waals surface area contributed by atoms with E-state index in [0.717, 1.165) is 11.5 Å². The second kappa shape index (κ2) is 5.11. The normalized spacial score (nSPS) is 11.8. The molecule has 1 heterocycles. The van der Waals surface area contributed by atoms with Gasteiger partial charge in [-0.3, -0.25) is 0 Å². The molecule has 0 radical (unpaired) electrons. The fourth-order valence-corrected chi connectivity index (χ4v) is 2.15. The first kappa shape index (κ1) is 12.7. The van der Waals surface area contributed by atoms with Gasteiger partial charge in [-0.05, 0) is 6.92 Å². The molecule has 3 nitrogen and oxygen atoms in total. The second-order valence-electron chi connectivity index (χ2n) is 2.67. The van der Waals surface area contributed by atoms with Crippen LogP contribution < -0.4 is 4.90 Å². The van der Waals surface area contributed by atoms with Gasteiger partial charge in [-0.2, -0.15) is 22.5 Å². The van der Waals surface area contributed by atoms with Crippen LogP contribution >= 0.6 is 27.5 Å². The van der Waals surface area contributed by atoms with Gasteiger partial charge in [0.2, 0.25) is 11.0 Å². The third kappa shape index (κ3) is 3.30. The van der Waals surface area contributed by atoms with Gasteiger partial charge in [0.1, 0.15) is 0 Å². The minimum absolute atomic E-state index is 0.310. The van der Waals surface area contributed by atoms with Crippen LogP contribution in [0.3, 0.4) is 0 Å². The van der Waals surface area contributed by atoms with E-state index in [9.17, 15) is 13.2 Å². The van der Waals surface area contributed by atoms with Crippen LogP contribution in [-0.2, 0) is 6.18 Å².